The third kappa shape index (κ3) is 4.02. The third-order valence-corrected chi connectivity index (χ3v) is 5.95. The van der Waals surface area contributed by atoms with Gasteiger partial charge in [-0.25, -0.2) is 9.59 Å². The molecule has 2 aromatic carbocycles. The highest BCUT2D eigenvalue weighted by Gasteiger charge is 2.41. The minimum Gasteiger partial charge on any atom is -0.466 e. The van der Waals surface area contributed by atoms with E-state index in [9.17, 15) is 9.59 Å². The Kier molecular flexibility index (Phi) is 5.10. The summed E-state index contributed by atoms with van der Waals surface area (Å²) in [4.78, 5) is 22.7. The summed E-state index contributed by atoms with van der Waals surface area (Å²) in [7, 11) is 2.76. The molecule has 4 nitrogen and oxygen atoms in total. The third-order valence-electron chi connectivity index (χ3n) is 5.95. The van der Waals surface area contributed by atoms with Gasteiger partial charge in [-0.15, -0.1) is 0 Å². The molecule has 0 amide bonds. The number of hydrogen-bond donors (Lipinski definition) is 0. The molecule has 0 aliphatic heterocycles. The molecule has 0 radical (unpaired) electrons. The van der Waals surface area contributed by atoms with Crippen LogP contribution in [-0.2, 0) is 44.7 Å². The van der Waals surface area contributed by atoms with Crippen LogP contribution in [0.25, 0.3) is 12.2 Å². The molecular weight excluding hydrogens is 364 g/mol. The molecule has 2 aromatic rings. The summed E-state index contributed by atoms with van der Waals surface area (Å²) >= 11 is 0. The van der Waals surface area contributed by atoms with Gasteiger partial charge in [0.25, 0.3) is 0 Å². The highest BCUT2D eigenvalue weighted by atomic mass is 16.5. The van der Waals surface area contributed by atoms with Crippen LogP contribution in [0, 0.1) is 5.41 Å². The van der Waals surface area contributed by atoms with Crippen LogP contribution in [0.1, 0.15) is 33.4 Å². The van der Waals surface area contributed by atoms with Crippen LogP contribution in [0.4, 0.5) is 0 Å². The van der Waals surface area contributed by atoms with E-state index in [1.54, 1.807) is 12.2 Å². The largest absolute Gasteiger partial charge is 0.466 e. The van der Waals surface area contributed by atoms with Crippen LogP contribution in [0.3, 0.4) is 0 Å². The molecule has 0 fully saturated rings. The topological polar surface area (TPSA) is 52.6 Å². The minimum atomic E-state index is -0.342. The second-order valence-corrected chi connectivity index (χ2v) is 7.98. The van der Waals surface area contributed by atoms with Gasteiger partial charge >= 0.3 is 11.9 Å². The van der Waals surface area contributed by atoms with E-state index in [1.165, 1.54) is 48.6 Å². The highest BCUT2D eigenvalue weighted by Crippen LogP contribution is 2.47. The number of carbonyl (C=O) groups excluding carboxylic acids is 2. The lowest BCUT2D eigenvalue weighted by atomic mass is 9.82. The maximum Gasteiger partial charge on any atom is 0.330 e. The fraction of sp³-hybridized carbons (Fsp3) is 0.280. The first-order chi connectivity index (χ1) is 14.0. The van der Waals surface area contributed by atoms with Crippen molar-refractivity contribution in [1.29, 1.82) is 0 Å². The average Bonchev–Trinajstić information content (AvgIpc) is 3.26. The number of esters is 2. The van der Waals surface area contributed by atoms with Crippen LogP contribution in [0.5, 0.6) is 0 Å². The Morgan fingerprint density at radius 1 is 0.724 bits per heavy atom. The van der Waals surface area contributed by atoms with Crippen LogP contribution >= 0.6 is 0 Å². The molecule has 4 rings (SSSR count). The van der Waals surface area contributed by atoms with Gasteiger partial charge in [0.2, 0.25) is 0 Å². The highest BCUT2D eigenvalue weighted by molar-refractivity contribution is 5.87. The zero-order chi connectivity index (χ0) is 20.4. The van der Waals surface area contributed by atoms with Gasteiger partial charge in [0.05, 0.1) is 14.2 Å². The number of carbonyl (C=O) groups is 2. The van der Waals surface area contributed by atoms with Crippen LogP contribution in [-0.4, -0.2) is 26.2 Å². The van der Waals surface area contributed by atoms with Crippen molar-refractivity contribution >= 4 is 24.1 Å². The number of benzene rings is 2. The van der Waals surface area contributed by atoms with Crippen molar-refractivity contribution in [3.8, 4) is 0 Å². The predicted octanol–water partition coefficient (Wildman–Crippen LogP) is 3.94. The van der Waals surface area contributed by atoms with E-state index in [4.69, 9.17) is 0 Å². The molecule has 148 valence electrons. The van der Waals surface area contributed by atoms with Crippen LogP contribution in [0.15, 0.2) is 48.6 Å². The van der Waals surface area contributed by atoms with Gasteiger partial charge in [0.1, 0.15) is 0 Å². The molecule has 29 heavy (non-hydrogen) atoms. The SMILES string of the molecule is COC(=O)/C=C\c1ccc2c(c1)CC1(C2)Cc2ccc(/C=C\C(=O)OC)cc2C1. The first-order valence-electron chi connectivity index (χ1n) is 9.76. The number of rotatable bonds is 4. The van der Waals surface area contributed by atoms with Crippen LogP contribution in [0.2, 0.25) is 0 Å². The number of fused-ring (bicyclic) bond motifs is 2. The van der Waals surface area contributed by atoms with Crippen molar-refractivity contribution in [2.75, 3.05) is 14.2 Å². The van der Waals surface area contributed by atoms with Gasteiger partial charge in [0, 0.05) is 12.2 Å². The Hall–Kier alpha value is -3.14. The summed E-state index contributed by atoms with van der Waals surface area (Å²) in [5.74, 6) is -0.685. The van der Waals surface area contributed by atoms with Gasteiger partial charge in [-0.2, -0.15) is 0 Å². The zero-order valence-electron chi connectivity index (χ0n) is 16.7. The number of hydrogen-bond acceptors (Lipinski definition) is 4. The first kappa shape index (κ1) is 19.2. The first-order valence-corrected chi connectivity index (χ1v) is 9.76. The Balaban J connectivity index is 1.51. The van der Waals surface area contributed by atoms with Crippen molar-refractivity contribution in [3.05, 3.63) is 81.9 Å². The number of ether oxygens (including phenoxy) is 2. The maximum atomic E-state index is 11.3. The fourth-order valence-corrected chi connectivity index (χ4v) is 4.63. The van der Waals surface area contributed by atoms with Crippen molar-refractivity contribution in [2.45, 2.75) is 25.7 Å². The summed E-state index contributed by atoms with van der Waals surface area (Å²) in [5, 5.41) is 0. The Labute approximate surface area is 170 Å². The second-order valence-electron chi connectivity index (χ2n) is 7.98. The van der Waals surface area contributed by atoms with E-state index in [2.05, 4.69) is 45.9 Å². The minimum absolute atomic E-state index is 0.236. The van der Waals surface area contributed by atoms with Crippen molar-refractivity contribution in [1.82, 2.24) is 0 Å². The second kappa shape index (κ2) is 7.70. The lowest BCUT2D eigenvalue weighted by Crippen LogP contribution is -2.21. The quantitative estimate of drug-likeness (QED) is 0.588. The van der Waals surface area contributed by atoms with Crippen LogP contribution < -0.4 is 0 Å². The van der Waals surface area contributed by atoms with Gasteiger partial charge in [-0.3, -0.25) is 0 Å². The lowest BCUT2D eigenvalue weighted by molar-refractivity contribution is -0.135. The van der Waals surface area contributed by atoms with E-state index in [0.717, 1.165) is 36.8 Å². The number of methoxy groups -OCH3 is 2. The van der Waals surface area contributed by atoms with E-state index in [1.807, 2.05) is 0 Å². The lowest BCUT2D eigenvalue weighted by Gasteiger charge is -2.21. The summed E-state index contributed by atoms with van der Waals surface area (Å²) in [6.45, 7) is 0. The molecule has 2 aliphatic carbocycles. The summed E-state index contributed by atoms with van der Waals surface area (Å²) in [6.07, 6.45) is 10.8. The predicted molar refractivity (Wildman–Crippen MR) is 112 cm³/mol. The molecule has 2 aliphatic rings. The smallest absolute Gasteiger partial charge is 0.330 e. The fourth-order valence-electron chi connectivity index (χ4n) is 4.63. The van der Waals surface area contributed by atoms with Crippen molar-refractivity contribution in [2.24, 2.45) is 5.41 Å². The van der Waals surface area contributed by atoms with E-state index < -0.39 is 0 Å². The molecule has 4 heteroatoms. The van der Waals surface area contributed by atoms with E-state index in [-0.39, 0.29) is 17.4 Å². The van der Waals surface area contributed by atoms with Gasteiger partial charge in [-0.1, -0.05) is 36.4 Å². The molecule has 0 saturated heterocycles. The average molecular weight is 388 g/mol. The molecule has 0 heterocycles. The zero-order valence-corrected chi connectivity index (χ0v) is 16.7. The Morgan fingerprint density at radius 3 is 1.55 bits per heavy atom. The van der Waals surface area contributed by atoms with E-state index >= 15 is 0 Å². The van der Waals surface area contributed by atoms with Crippen molar-refractivity contribution in [3.63, 3.8) is 0 Å². The van der Waals surface area contributed by atoms with Gasteiger partial charge < -0.3 is 9.47 Å². The summed E-state index contributed by atoms with van der Waals surface area (Å²) < 4.78 is 9.33. The normalized spacial score (nSPS) is 16.3. The van der Waals surface area contributed by atoms with E-state index in [0.29, 0.717) is 0 Å². The molecule has 0 N–H and O–H groups in total. The Bertz CT molecular complexity index is 946. The monoisotopic (exact) mass is 388 g/mol. The van der Waals surface area contributed by atoms with Gasteiger partial charge in [0.15, 0.2) is 0 Å². The molecule has 0 bridgehead atoms. The standard InChI is InChI=1S/C25H24O4/c1-28-23(26)9-5-17-3-7-19-13-25(15-21(19)11-17)14-20-8-4-18(12-22(20)16-25)6-10-24(27)29-2/h3-12H,13-16H2,1-2H3/b9-5-,10-6-. The molecule has 0 unspecified atom stereocenters. The molecule has 0 aromatic heterocycles. The summed E-state index contributed by atoms with van der Waals surface area (Å²) in [5.41, 5.74) is 7.83. The van der Waals surface area contributed by atoms with Crippen molar-refractivity contribution < 1.29 is 19.1 Å². The molecule has 0 saturated carbocycles. The maximum absolute atomic E-state index is 11.3. The van der Waals surface area contributed by atoms with Gasteiger partial charge in [-0.05, 0) is 76.6 Å². The molecule has 0 atom stereocenters. The Morgan fingerprint density at radius 2 is 1.14 bits per heavy atom. The summed E-state index contributed by atoms with van der Waals surface area (Å²) in [6, 6.07) is 12.9. The molecular formula is C25H24O4. The molecule has 1 spiro atoms.